The zero-order valence-electron chi connectivity index (χ0n) is 17.2. The van der Waals surface area contributed by atoms with Crippen LogP contribution in [0.4, 0.5) is 0 Å². The predicted molar refractivity (Wildman–Crippen MR) is 111 cm³/mol. The molecule has 2 heterocycles. The first-order valence-corrected chi connectivity index (χ1v) is 10.2. The van der Waals surface area contributed by atoms with E-state index in [1.807, 2.05) is 56.3 Å². The molecule has 1 aliphatic rings. The van der Waals surface area contributed by atoms with Crippen molar-refractivity contribution < 1.29 is 18.7 Å². The Bertz CT molecular complexity index is 1010. The molecule has 0 bridgehead atoms. The molecule has 1 aliphatic heterocycles. The van der Waals surface area contributed by atoms with Gasteiger partial charge in [-0.3, -0.25) is 4.79 Å². The topological polar surface area (TPSA) is 86.5 Å². The van der Waals surface area contributed by atoms with Gasteiger partial charge in [0.15, 0.2) is 11.5 Å². The number of hydrogen-bond acceptors (Lipinski definition) is 6. The molecule has 0 aliphatic carbocycles. The van der Waals surface area contributed by atoms with Crippen molar-refractivity contribution in [1.29, 1.82) is 0 Å². The fraction of sp³-hybridized carbons (Fsp3) is 0.348. The van der Waals surface area contributed by atoms with Gasteiger partial charge in [-0.15, -0.1) is 10.2 Å². The Morgan fingerprint density at radius 3 is 2.63 bits per heavy atom. The Labute approximate surface area is 175 Å². The highest BCUT2D eigenvalue weighted by atomic mass is 16.5. The van der Waals surface area contributed by atoms with Gasteiger partial charge in [0.2, 0.25) is 17.7 Å². The van der Waals surface area contributed by atoms with E-state index in [2.05, 4.69) is 15.5 Å². The first-order chi connectivity index (χ1) is 14.6. The van der Waals surface area contributed by atoms with Gasteiger partial charge >= 0.3 is 0 Å². The third kappa shape index (κ3) is 4.79. The lowest BCUT2D eigenvalue weighted by Gasteiger charge is -2.16. The van der Waals surface area contributed by atoms with Crippen molar-refractivity contribution >= 4 is 5.91 Å². The molecule has 3 aromatic rings. The van der Waals surface area contributed by atoms with Crippen molar-refractivity contribution in [2.45, 2.75) is 39.2 Å². The maximum Gasteiger partial charge on any atom is 0.247 e. The SMILES string of the molecule is Cc1ccc(-c2nnc(CCC(=O)NC(C)c3ccc4c(c3)OCCCO4)o2)cc1. The van der Waals surface area contributed by atoms with Crippen LogP contribution in [-0.4, -0.2) is 29.3 Å². The monoisotopic (exact) mass is 407 g/mol. The van der Waals surface area contributed by atoms with Crippen LogP contribution in [0.5, 0.6) is 11.5 Å². The van der Waals surface area contributed by atoms with Gasteiger partial charge < -0.3 is 19.2 Å². The highest BCUT2D eigenvalue weighted by Gasteiger charge is 2.16. The molecule has 4 rings (SSSR count). The van der Waals surface area contributed by atoms with E-state index in [-0.39, 0.29) is 18.4 Å². The number of benzene rings is 2. The van der Waals surface area contributed by atoms with E-state index in [9.17, 15) is 4.79 Å². The molecule has 0 spiro atoms. The van der Waals surface area contributed by atoms with Gasteiger partial charge in [0, 0.05) is 24.8 Å². The molecule has 7 heteroatoms. The summed E-state index contributed by atoms with van der Waals surface area (Å²) >= 11 is 0. The van der Waals surface area contributed by atoms with Crippen molar-refractivity contribution in [2.24, 2.45) is 0 Å². The highest BCUT2D eigenvalue weighted by Crippen LogP contribution is 2.32. The lowest BCUT2D eigenvalue weighted by Crippen LogP contribution is -2.26. The van der Waals surface area contributed by atoms with Crippen molar-refractivity contribution in [3.05, 3.63) is 59.5 Å². The summed E-state index contributed by atoms with van der Waals surface area (Å²) in [4.78, 5) is 12.4. The zero-order chi connectivity index (χ0) is 20.9. The molecule has 1 atom stereocenters. The predicted octanol–water partition coefficient (Wildman–Crippen LogP) is 4.02. The van der Waals surface area contributed by atoms with E-state index in [0.29, 0.717) is 31.4 Å². The highest BCUT2D eigenvalue weighted by molar-refractivity contribution is 5.76. The Morgan fingerprint density at radius 2 is 1.83 bits per heavy atom. The summed E-state index contributed by atoms with van der Waals surface area (Å²) in [5.74, 6) is 2.30. The number of carbonyl (C=O) groups is 1. The Kier molecular flexibility index (Phi) is 5.97. The van der Waals surface area contributed by atoms with E-state index in [1.165, 1.54) is 0 Å². The molecule has 0 saturated carbocycles. The summed E-state index contributed by atoms with van der Waals surface area (Å²) in [5, 5.41) is 11.1. The number of ether oxygens (including phenoxy) is 2. The maximum absolute atomic E-state index is 12.4. The molecule has 1 aromatic heterocycles. The number of aryl methyl sites for hydroxylation is 2. The van der Waals surface area contributed by atoms with Crippen molar-refractivity contribution in [3.63, 3.8) is 0 Å². The van der Waals surface area contributed by atoms with Gasteiger partial charge in [-0.25, -0.2) is 0 Å². The molecule has 1 amide bonds. The lowest BCUT2D eigenvalue weighted by molar-refractivity contribution is -0.121. The van der Waals surface area contributed by atoms with Crippen molar-refractivity contribution in [2.75, 3.05) is 13.2 Å². The Balaban J connectivity index is 1.32. The molecular weight excluding hydrogens is 382 g/mol. The number of hydrogen-bond donors (Lipinski definition) is 1. The Hall–Kier alpha value is -3.35. The van der Waals surface area contributed by atoms with Crippen LogP contribution in [-0.2, 0) is 11.2 Å². The molecule has 156 valence electrons. The number of nitrogens with one attached hydrogen (secondary N) is 1. The third-order valence-electron chi connectivity index (χ3n) is 4.98. The summed E-state index contributed by atoms with van der Waals surface area (Å²) in [7, 11) is 0. The van der Waals surface area contributed by atoms with E-state index in [4.69, 9.17) is 13.9 Å². The second-order valence-corrected chi connectivity index (χ2v) is 7.41. The van der Waals surface area contributed by atoms with E-state index in [1.54, 1.807) is 0 Å². The third-order valence-corrected chi connectivity index (χ3v) is 4.98. The van der Waals surface area contributed by atoms with Gasteiger partial charge in [0.05, 0.1) is 19.3 Å². The maximum atomic E-state index is 12.4. The summed E-state index contributed by atoms with van der Waals surface area (Å²) in [6.07, 6.45) is 1.51. The van der Waals surface area contributed by atoms with Gasteiger partial charge in [-0.2, -0.15) is 0 Å². The van der Waals surface area contributed by atoms with Gasteiger partial charge in [-0.1, -0.05) is 23.8 Å². The fourth-order valence-corrected chi connectivity index (χ4v) is 3.23. The first kappa shape index (κ1) is 19.9. The number of nitrogens with zero attached hydrogens (tertiary/aromatic N) is 2. The number of fused-ring (bicyclic) bond motifs is 1. The number of aromatic nitrogens is 2. The smallest absolute Gasteiger partial charge is 0.247 e. The summed E-state index contributed by atoms with van der Waals surface area (Å²) in [6, 6.07) is 13.5. The average Bonchev–Trinajstić information content (AvgIpc) is 3.09. The largest absolute Gasteiger partial charge is 0.490 e. The van der Waals surface area contributed by atoms with Crippen molar-refractivity contribution in [1.82, 2.24) is 15.5 Å². The molecule has 0 radical (unpaired) electrons. The minimum absolute atomic E-state index is 0.0790. The molecule has 0 saturated heterocycles. The fourth-order valence-electron chi connectivity index (χ4n) is 3.23. The second-order valence-electron chi connectivity index (χ2n) is 7.41. The summed E-state index contributed by atoms with van der Waals surface area (Å²) < 4.78 is 17.1. The normalized spacial score (nSPS) is 14.1. The van der Waals surface area contributed by atoms with E-state index < -0.39 is 0 Å². The van der Waals surface area contributed by atoms with Crippen LogP contribution < -0.4 is 14.8 Å². The molecule has 0 fully saturated rings. The van der Waals surface area contributed by atoms with Crippen molar-refractivity contribution in [3.8, 4) is 23.0 Å². The van der Waals surface area contributed by atoms with Crippen LogP contribution in [0.25, 0.3) is 11.5 Å². The van der Waals surface area contributed by atoms with Gasteiger partial charge in [0.25, 0.3) is 0 Å². The molecule has 30 heavy (non-hydrogen) atoms. The molecule has 1 unspecified atom stereocenters. The minimum atomic E-state index is -0.152. The minimum Gasteiger partial charge on any atom is -0.490 e. The number of rotatable bonds is 6. The number of carbonyl (C=O) groups excluding carboxylic acids is 1. The zero-order valence-corrected chi connectivity index (χ0v) is 17.2. The molecular formula is C23H25N3O4. The standard InChI is InChI=1S/C23H25N3O4/c1-15-4-6-17(7-5-15)23-26-25-22(30-23)11-10-21(27)24-16(2)18-8-9-19-20(14-18)29-13-3-12-28-19/h4-9,14,16H,3,10-13H2,1-2H3,(H,24,27). The molecule has 2 aromatic carbocycles. The van der Waals surface area contributed by atoms with Gasteiger partial charge in [-0.05, 0) is 43.7 Å². The summed E-state index contributed by atoms with van der Waals surface area (Å²) in [5.41, 5.74) is 3.00. The van der Waals surface area contributed by atoms with Crippen LogP contribution in [0.3, 0.4) is 0 Å². The van der Waals surface area contributed by atoms with E-state index >= 15 is 0 Å². The number of amides is 1. The molecule has 1 N–H and O–H groups in total. The quantitative estimate of drug-likeness (QED) is 0.664. The van der Waals surface area contributed by atoms with Crippen LogP contribution in [0.1, 0.15) is 42.8 Å². The van der Waals surface area contributed by atoms with Crippen LogP contribution in [0.15, 0.2) is 46.9 Å². The molecule has 7 nitrogen and oxygen atoms in total. The Morgan fingerprint density at radius 1 is 1.07 bits per heavy atom. The van der Waals surface area contributed by atoms with Gasteiger partial charge in [0.1, 0.15) is 0 Å². The first-order valence-electron chi connectivity index (χ1n) is 10.2. The second kappa shape index (κ2) is 8.98. The van der Waals surface area contributed by atoms with Crippen LogP contribution in [0, 0.1) is 6.92 Å². The van der Waals surface area contributed by atoms with E-state index in [0.717, 1.165) is 34.6 Å². The summed E-state index contributed by atoms with van der Waals surface area (Å²) in [6.45, 7) is 5.25. The lowest BCUT2D eigenvalue weighted by atomic mass is 10.1. The van der Waals surface area contributed by atoms with Crippen LogP contribution >= 0.6 is 0 Å². The van der Waals surface area contributed by atoms with Crippen LogP contribution in [0.2, 0.25) is 0 Å². The average molecular weight is 407 g/mol.